The first kappa shape index (κ1) is 16.0. The third-order valence-electron chi connectivity index (χ3n) is 3.78. The monoisotopic (exact) mass is 399 g/mol. The van der Waals surface area contributed by atoms with Gasteiger partial charge in [-0.1, -0.05) is 31.4 Å². The molecule has 0 heterocycles. The average molecular weight is 399 g/mol. The molecule has 2 rings (SSSR count). The van der Waals surface area contributed by atoms with Crippen molar-refractivity contribution in [3.8, 4) is 0 Å². The fourth-order valence-corrected chi connectivity index (χ4v) is 2.93. The number of carbonyl (C=O) groups is 2. The van der Waals surface area contributed by atoms with Crippen molar-refractivity contribution in [2.75, 3.05) is 0 Å². The van der Waals surface area contributed by atoms with Gasteiger partial charge < -0.3 is 10.4 Å². The molecule has 0 aliphatic heterocycles. The normalized spacial score (nSPS) is 17.6. The van der Waals surface area contributed by atoms with Gasteiger partial charge >= 0.3 is 5.97 Å². The molecule has 1 aromatic carbocycles. The Balaban J connectivity index is 2.02. The molecule has 0 spiro atoms. The molecule has 1 amide bonds. The van der Waals surface area contributed by atoms with E-state index >= 15 is 0 Å². The van der Waals surface area contributed by atoms with Crippen LogP contribution < -0.4 is 5.32 Å². The summed E-state index contributed by atoms with van der Waals surface area (Å²) in [5, 5.41) is 12.1. The SMILES string of the molecule is O=C(/C=C/c1ccc(I)cc1)NC1(C(=O)O)CCCCC1. The van der Waals surface area contributed by atoms with Gasteiger partial charge in [-0.2, -0.15) is 0 Å². The lowest BCUT2D eigenvalue weighted by Crippen LogP contribution is -2.55. The lowest BCUT2D eigenvalue weighted by atomic mass is 9.81. The first-order chi connectivity index (χ1) is 10.0. The molecule has 21 heavy (non-hydrogen) atoms. The Bertz CT molecular complexity index is 545. The van der Waals surface area contributed by atoms with Crippen LogP contribution in [0.1, 0.15) is 37.7 Å². The van der Waals surface area contributed by atoms with Gasteiger partial charge in [0.15, 0.2) is 0 Å². The van der Waals surface area contributed by atoms with Crippen molar-refractivity contribution in [1.29, 1.82) is 0 Å². The third kappa shape index (κ3) is 4.30. The van der Waals surface area contributed by atoms with Crippen LogP contribution in [0.2, 0.25) is 0 Å². The zero-order valence-electron chi connectivity index (χ0n) is 11.6. The van der Waals surface area contributed by atoms with Crippen molar-refractivity contribution in [1.82, 2.24) is 5.32 Å². The lowest BCUT2D eigenvalue weighted by Gasteiger charge is -2.33. The molecule has 0 aromatic heterocycles. The quantitative estimate of drug-likeness (QED) is 0.604. The third-order valence-corrected chi connectivity index (χ3v) is 4.50. The van der Waals surface area contributed by atoms with Gasteiger partial charge in [-0.25, -0.2) is 4.79 Å². The maximum Gasteiger partial charge on any atom is 0.329 e. The van der Waals surface area contributed by atoms with Crippen LogP contribution in [-0.4, -0.2) is 22.5 Å². The summed E-state index contributed by atoms with van der Waals surface area (Å²) in [5.74, 6) is -1.28. The van der Waals surface area contributed by atoms with Gasteiger partial charge in [-0.05, 0) is 59.2 Å². The number of amides is 1. The minimum Gasteiger partial charge on any atom is -0.480 e. The fraction of sp³-hybridized carbons (Fsp3) is 0.375. The summed E-state index contributed by atoms with van der Waals surface area (Å²) in [6.07, 6.45) is 6.83. The fourth-order valence-electron chi connectivity index (χ4n) is 2.57. The van der Waals surface area contributed by atoms with E-state index < -0.39 is 11.5 Å². The van der Waals surface area contributed by atoms with Gasteiger partial charge in [0, 0.05) is 9.65 Å². The predicted molar refractivity (Wildman–Crippen MR) is 89.8 cm³/mol. The highest BCUT2D eigenvalue weighted by atomic mass is 127. The van der Waals surface area contributed by atoms with E-state index in [1.807, 2.05) is 24.3 Å². The summed E-state index contributed by atoms with van der Waals surface area (Å²) in [7, 11) is 0. The van der Waals surface area contributed by atoms with E-state index in [2.05, 4.69) is 27.9 Å². The number of halogens is 1. The summed E-state index contributed by atoms with van der Waals surface area (Å²) >= 11 is 2.22. The largest absolute Gasteiger partial charge is 0.480 e. The standard InChI is InChI=1S/C16H18INO3/c17-13-7-4-12(5-8-13)6-9-14(19)18-16(15(20)21)10-2-1-3-11-16/h4-9H,1-3,10-11H2,(H,18,19)(H,20,21)/b9-6+. The van der Waals surface area contributed by atoms with Crippen LogP contribution in [0.25, 0.3) is 6.08 Å². The number of benzene rings is 1. The minimum absolute atomic E-state index is 0.349. The van der Waals surface area contributed by atoms with E-state index in [0.29, 0.717) is 12.8 Å². The highest BCUT2D eigenvalue weighted by Gasteiger charge is 2.40. The summed E-state index contributed by atoms with van der Waals surface area (Å²) in [4.78, 5) is 23.5. The summed E-state index contributed by atoms with van der Waals surface area (Å²) in [6.45, 7) is 0. The molecule has 5 heteroatoms. The van der Waals surface area contributed by atoms with Crippen LogP contribution in [0.3, 0.4) is 0 Å². The number of hydrogen-bond acceptors (Lipinski definition) is 2. The molecule has 2 N–H and O–H groups in total. The number of carboxylic acids is 1. The second kappa shape index (κ2) is 7.06. The molecule has 1 aliphatic carbocycles. The molecule has 0 saturated heterocycles. The number of carboxylic acid groups (broad SMARTS) is 1. The number of rotatable bonds is 4. The van der Waals surface area contributed by atoms with Crippen LogP contribution in [0.5, 0.6) is 0 Å². The number of carbonyl (C=O) groups excluding carboxylic acids is 1. The summed E-state index contributed by atoms with van der Waals surface area (Å²) in [5.41, 5.74) is -0.176. The van der Waals surface area contributed by atoms with Crippen LogP contribution in [-0.2, 0) is 9.59 Å². The lowest BCUT2D eigenvalue weighted by molar-refractivity contribution is -0.148. The van der Waals surface area contributed by atoms with Crippen molar-refractivity contribution < 1.29 is 14.7 Å². The van der Waals surface area contributed by atoms with Gasteiger partial charge in [-0.15, -0.1) is 0 Å². The van der Waals surface area contributed by atoms with Gasteiger partial charge in [0.05, 0.1) is 0 Å². The number of aliphatic carboxylic acids is 1. The van der Waals surface area contributed by atoms with Gasteiger partial charge in [0.25, 0.3) is 0 Å². The molecular weight excluding hydrogens is 381 g/mol. The van der Waals surface area contributed by atoms with E-state index in [0.717, 1.165) is 28.4 Å². The van der Waals surface area contributed by atoms with Crippen molar-refractivity contribution in [2.45, 2.75) is 37.6 Å². The molecule has 0 atom stereocenters. The Hall–Kier alpha value is -1.37. The molecule has 112 valence electrons. The minimum atomic E-state index is -1.09. The van der Waals surface area contributed by atoms with Crippen LogP contribution in [0.15, 0.2) is 30.3 Å². The van der Waals surface area contributed by atoms with E-state index in [1.54, 1.807) is 6.08 Å². The second-order valence-corrected chi connectivity index (χ2v) is 6.57. The van der Waals surface area contributed by atoms with Gasteiger partial charge in [-0.3, -0.25) is 4.79 Å². The molecule has 1 aromatic rings. The highest BCUT2D eigenvalue weighted by molar-refractivity contribution is 14.1. The van der Waals surface area contributed by atoms with Crippen LogP contribution in [0.4, 0.5) is 0 Å². The van der Waals surface area contributed by atoms with E-state index in [9.17, 15) is 14.7 Å². The van der Waals surface area contributed by atoms with Crippen LogP contribution >= 0.6 is 22.6 Å². The van der Waals surface area contributed by atoms with Crippen molar-refractivity contribution in [2.24, 2.45) is 0 Å². The van der Waals surface area contributed by atoms with Crippen molar-refractivity contribution in [3.63, 3.8) is 0 Å². The summed E-state index contributed by atoms with van der Waals surface area (Å²) in [6, 6.07) is 7.74. The predicted octanol–water partition coefficient (Wildman–Crippen LogP) is 3.21. The van der Waals surface area contributed by atoms with Crippen molar-refractivity contribution in [3.05, 3.63) is 39.5 Å². The molecule has 4 nitrogen and oxygen atoms in total. The number of nitrogens with one attached hydrogen (secondary N) is 1. The zero-order chi connectivity index (χ0) is 15.3. The van der Waals surface area contributed by atoms with Crippen LogP contribution in [0, 0.1) is 3.57 Å². The van der Waals surface area contributed by atoms with Crippen molar-refractivity contribution >= 4 is 40.5 Å². The van der Waals surface area contributed by atoms with E-state index in [-0.39, 0.29) is 5.91 Å². The first-order valence-electron chi connectivity index (χ1n) is 7.01. The maximum absolute atomic E-state index is 12.0. The Labute approximate surface area is 137 Å². The molecule has 1 aliphatic rings. The Kier molecular flexibility index (Phi) is 5.39. The average Bonchev–Trinajstić information content (AvgIpc) is 2.47. The Morgan fingerprint density at radius 3 is 2.33 bits per heavy atom. The molecule has 0 radical (unpaired) electrons. The molecular formula is C16H18INO3. The molecule has 0 unspecified atom stereocenters. The topological polar surface area (TPSA) is 66.4 Å². The molecule has 0 bridgehead atoms. The van der Waals surface area contributed by atoms with Gasteiger partial charge in [0.2, 0.25) is 5.91 Å². The second-order valence-electron chi connectivity index (χ2n) is 5.32. The van der Waals surface area contributed by atoms with E-state index in [4.69, 9.17) is 0 Å². The smallest absolute Gasteiger partial charge is 0.329 e. The zero-order valence-corrected chi connectivity index (χ0v) is 13.8. The highest BCUT2D eigenvalue weighted by Crippen LogP contribution is 2.28. The molecule has 1 fully saturated rings. The van der Waals surface area contributed by atoms with Gasteiger partial charge in [0.1, 0.15) is 5.54 Å². The number of hydrogen-bond donors (Lipinski definition) is 2. The summed E-state index contributed by atoms with van der Waals surface area (Å²) < 4.78 is 1.13. The Morgan fingerprint density at radius 2 is 1.76 bits per heavy atom. The first-order valence-corrected chi connectivity index (χ1v) is 8.09. The van der Waals surface area contributed by atoms with E-state index in [1.165, 1.54) is 6.08 Å². The molecule has 1 saturated carbocycles. The maximum atomic E-state index is 12.0. The Morgan fingerprint density at radius 1 is 1.14 bits per heavy atom.